The Morgan fingerprint density at radius 2 is 2.05 bits per heavy atom. The first-order chi connectivity index (χ1) is 9.79. The van der Waals surface area contributed by atoms with E-state index in [1.165, 1.54) is 13.0 Å². The Hall–Kier alpha value is -1.50. The lowest BCUT2D eigenvalue weighted by Crippen LogP contribution is -2.36. The predicted molar refractivity (Wildman–Crippen MR) is 81.8 cm³/mol. The van der Waals surface area contributed by atoms with Gasteiger partial charge in [0.1, 0.15) is 5.02 Å². The van der Waals surface area contributed by atoms with Gasteiger partial charge in [0.25, 0.3) is 5.91 Å². The second-order valence-electron chi connectivity index (χ2n) is 3.87. The van der Waals surface area contributed by atoms with Crippen LogP contribution in [0.2, 0.25) is 15.2 Å². The summed E-state index contributed by atoms with van der Waals surface area (Å²) < 4.78 is 4.94. The summed E-state index contributed by atoms with van der Waals surface area (Å²) in [6.07, 6.45) is 0.441. The van der Waals surface area contributed by atoms with E-state index in [1.807, 2.05) is 0 Å². The van der Waals surface area contributed by atoms with Crippen LogP contribution < -0.4 is 11.1 Å². The number of rotatable bonds is 5. The van der Waals surface area contributed by atoms with Crippen molar-refractivity contribution in [3.63, 3.8) is 0 Å². The van der Waals surface area contributed by atoms with Crippen molar-refractivity contribution in [3.05, 3.63) is 33.5 Å². The summed E-state index contributed by atoms with van der Waals surface area (Å²) in [6.45, 7) is 5.09. The smallest absolute Gasteiger partial charge is 0.359 e. The number of carbonyl (C=O) groups is 2. The highest BCUT2D eigenvalue weighted by Gasteiger charge is 2.24. The lowest BCUT2D eigenvalue weighted by molar-refractivity contribution is -0.128. The number of aromatic nitrogens is 1. The fraction of sp³-hybridized carbons (Fsp3) is 0.250. The van der Waals surface area contributed by atoms with E-state index in [1.54, 1.807) is 0 Å². The van der Waals surface area contributed by atoms with Crippen molar-refractivity contribution >= 4 is 52.4 Å². The highest BCUT2D eigenvalue weighted by Crippen LogP contribution is 2.34. The van der Waals surface area contributed by atoms with Crippen molar-refractivity contribution in [3.8, 4) is 0 Å². The maximum Gasteiger partial charge on any atom is 0.359 e. The molecule has 1 aromatic heterocycles. The van der Waals surface area contributed by atoms with Crippen LogP contribution in [0.25, 0.3) is 0 Å². The Labute approximate surface area is 136 Å². The maximum atomic E-state index is 11.9. The first-order valence-electron chi connectivity index (χ1n) is 5.69. The third-order valence-corrected chi connectivity index (χ3v) is 3.47. The van der Waals surface area contributed by atoms with Crippen LogP contribution in [-0.4, -0.2) is 29.5 Å². The van der Waals surface area contributed by atoms with Crippen LogP contribution in [0.3, 0.4) is 0 Å². The predicted octanol–water partition coefficient (Wildman–Crippen LogP) is 2.47. The van der Waals surface area contributed by atoms with Gasteiger partial charge in [0.2, 0.25) is 0 Å². The molecule has 0 aromatic carbocycles. The van der Waals surface area contributed by atoms with Gasteiger partial charge in [0.15, 0.2) is 17.0 Å². The van der Waals surface area contributed by atoms with E-state index in [0.717, 1.165) is 0 Å². The van der Waals surface area contributed by atoms with Gasteiger partial charge in [-0.25, -0.2) is 9.78 Å². The fourth-order valence-corrected chi connectivity index (χ4v) is 1.84. The molecule has 0 saturated heterocycles. The Balaban J connectivity index is 2.90. The number of pyridine rings is 1. The Morgan fingerprint density at radius 1 is 1.43 bits per heavy atom. The first-order valence-corrected chi connectivity index (χ1v) is 6.82. The van der Waals surface area contributed by atoms with Gasteiger partial charge in [0, 0.05) is 6.54 Å². The van der Waals surface area contributed by atoms with E-state index < -0.39 is 18.0 Å². The lowest BCUT2D eigenvalue weighted by Gasteiger charge is -2.14. The first kappa shape index (κ1) is 17.6. The van der Waals surface area contributed by atoms with E-state index in [-0.39, 0.29) is 33.1 Å². The summed E-state index contributed by atoms with van der Waals surface area (Å²) in [4.78, 5) is 27.2. The highest BCUT2D eigenvalue weighted by atomic mass is 35.5. The minimum atomic E-state index is -1.05. The second-order valence-corrected chi connectivity index (χ2v) is 4.99. The lowest BCUT2D eigenvalue weighted by atomic mass is 10.3. The molecule has 1 atom stereocenters. The van der Waals surface area contributed by atoms with E-state index >= 15 is 0 Å². The monoisotopic (exact) mass is 351 g/mol. The molecule has 0 aliphatic rings. The molecule has 0 aliphatic heterocycles. The molecule has 0 radical (unpaired) electrons. The summed E-state index contributed by atoms with van der Waals surface area (Å²) >= 11 is 17.3. The minimum Gasteiger partial charge on any atom is -0.448 e. The molecule has 0 aliphatic carbocycles. The number of hydrogen-bond acceptors (Lipinski definition) is 5. The Morgan fingerprint density at radius 3 is 2.62 bits per heavy atom. The molecule has 1 rings (SSSR count). The summed E-state index contributed by atoms with van der Waals surface area (Å²) in [5.74, 6) is -1.43. The van der Waals surface area contributed by atoms with Crippen molar-refractivity contribution in [1.29, 1.82) is 0 Å². The molecular weight excluding hydrogens is 341 g/mol. The molecule has 0 fully saturated rings. The van der Waals surface area contributed by atoms with Gasteiger partial charge < -0.3 is 15.8 Å². The van der Waals surface area contributed by atoms with Crippen LogP contribution in [-0.2, 0) is 9.53 Å². The van der Waals surface area contributed by atoms with Gasteiger partial charge in [-0.2, -0.15) is 0 Å². The SMILES string of the molecule is C=CCNC(=O)[C@H](C)OC(=O)c1nc(Cl)c(Cl)c(N)c1Cl. The van der Waals surface area contributed by atoms with Gasteiger partial charge >= 0.3 is 5.97 Å². The molecule has 114 valence electrons. The number of nitrogen functional groups attached to an aromatic ring is 1. The van der Waals surface area contributed by atoms with Crippen molar-refractivity contribution in [1.82, 2.24) is 10.3 Å². The number of nitrogens with one attached hydrogen (secondary N) is 1. The molecule has 0 spiro atoms. The van der Waals surface area contributed by atoms with Crippen molar-refractivity contribution in [2.24, 2.45) is 0 Å². The Kier molecular flexibility index (Phi) is 6.26. The maximum absolute atomic E-state index is 11.9. The van der Waals surface area contributed by atoms with E-state index in [9.17, 15) is 9.59 Å². The normalized spacial score (nSPS) is 11.6. The molecule has 9 heteroatoms. The van der Waals surface area contributed by atoms with Crippen LogP contribution in [0.5, 0.6) is 0 Å². The zero-order valence-electron chi connectivity index (χ0n) is 11.0. The van der Waals surface area contributed by atoms with Crippen LogP contribution in [0.1, 0.15) is 17.4 Å². The van der Waals surface area contributed by atoms with Crippen molar-refractivity contribution < 1.29 is 14.3 Å². The minimum absolute atomic E-state index is 0.0602. The van der Waals surface area contributed by atoms with Crippen LogP contribution >= 0.6 is 34.8 Å². The third-order valence-electron chi connectivity index (χ3n) is 2.34. The van der Waals surface area contributed by atoms with Gasteiger partial charge in [-0.3, -0.25) is 4.79 Å². The van der Waals surface area contributed by atoms with Gasteiger partial charge in [0.05, 0.1) is 10.7 Å². The molecule has 1 amide bonds. The molecule has 0 unspecified atom stereocenters. The Bertz CT molecular complexity index is 593. The number of esters is 1. The molecule has 1 aromatic rings. The number of carbonyl (C=O) groups excluding carboxylic acids is 2. The quantitative estimate of drug-likeness (QED) is 0.482. The van der Waals surface area contributed by atoms with Crippen LogP contribution in [0.4, 0.5) is 5.69 Å². The summed E-state index contributed by atoms with van der Waals surface area (Å²) in [5, 5.41) is 2.04. The van der Waals surface area contributed by atoms with E-state index in [0.29, 0.717) is 0 Å². The number of halogens is 3. The highest BCUT2D eigenvalue weighted by molar-refractivity contribution is 6.46. The van der Waals surface area contributed by atoms with Crippen molar-refractivity contribution in [2.75, 3.05) is 12.3 Å². The molecule has 3 N–H and O–H groups in total. The molecule has 0 bridgehead atoms. The molecule has 6 nitrogen and oxygen atoms in total. The molecular formula is C12H12Cl3N3O3. The zero-order chi connectivity index (χ0) is 16.2. The summed E-state index contributed by atoms with van der Waals surface area (Å²) in [5.41, 5.74) is 5.19. The van der Waals surface area contributed by atoms with Crippen LogP contribution in [0.15, 0.2) is 12.7 Å². The van der Waals surface area contributed by atoms with Crippen molar-refractivity contribution in [2.45, 2.75) is 13.0 Å². The summed E-state index contributed by atoms with van der Waals surface area (Å²) in [6, 6.07) is 0. The van der Waals surface area contributed by atoms with E-state index in [2.05, 4.69) is 16.9 Å². The third kappa shape index (κ3) is 4.23. The van der Waals surface area contributed by atoms with Gasteiger partial charge in [-0.05, 0) is 6.92 Å². The standard InChI is InChI=1S/C12H12Cl3N3O3/c1-3-4-17-11(19)5(2)21-12(20)9-6(13)8(16)7(14)10(15)18-9/h3,5H,1,4H2,2H3,(H2,16,18)(H,17,19)/t5-/m0/s1. The molecule has 0 saturated carbocycles. The molecule has 1 heterocycles. The number of anilines is 1. The number of hydrogen-bond donors (Lipinski definition) is 2. The molecule has 21 heavy (non-hydrogen) atoms. The number of nitrogens with zero attached hydrogens (tertiary/aromatic N) is 1. The largest absolute Gasteiger partial charge is 0.448 e. The number of nitrogens with two attached hydrogens (primary N) is 1. The zero-order valence-corrected chi connectivity index (χ0v) is 13.2. The second kappa shape index (κ2) is 7.49. The summed E-state index contributed by atoms with van der Waals surface area (Å²) in [7, 11) is 0. The average molecular weight is 353 g/mol. The van der Waals surface area contributed by atoms with Gasteiger partial charge in [-0.1, -0.05) is 40.9 Å². The fourth-order valence-electron chi connectivity index (χ4n) is 1.25. The number of ether oxygens (including phenoxy) is 1. The van der Waals surface area contributed by atoms with E-state index in [4.69, 9.17) is 45.3 Å². The number of amides is 1. The topological polar surface area (TPSA) is 94.3 Å². The van der Waals surface area contributed by atoms with Crippen LogP contribution in [0, 0.1) is 0 Å². The van der Waals surface area contributed by atoms with Gasteiger partial charge in [-0.15, -0.1) is 6.58 Å². The average Bonchev–Trinajstić information content (AvgIpc) is 2.45.